The van der Waals surface area contributed by atoms with Crippen molar-refractivity contribution in [2.75, 3.05) is 19.8 Å². The topological polar surface area (TPSA) is 289 Å². The van der Waals surface area contributed by atoms with E-state index in [0.717, 1.165) is 51.4 Å². The third-order valence-corrected chi connectivity index (χ3v) is 13.4. The van der Waals surface area contributed by atoms with Crippen LogP contribution in [0.4, 0.5) is 0 Å². The molecule has 0 spiro atoms. The van der Waals surface area contributed by atoms with Crippen LogP contribution >= 0.6 is 7.82 Å². The number of carbonyl (C=O) groups excluding carboxylic acids is 2. The van der Waals surface area contributed by atoms with Gasteiger partial charge in [-0.2, -0.15) is 0 Å². The molecular formula is C49H89O18P. The van der Waals surface area contributed by atoms with Crippen LogP contribution in [0.25, 0.3) is 0 Å². The van der Waals surface area contributed by atoms with Crippen molar-refractivity contribution >= 4 is 19.8 Å². The van der Waals surface area contributed by atoms with Crippen LogP contribution in [-0.4, -0.2) is 151 Å². The highest BCUT2D eigenvalue weighted by molar-refractivity contribution is 7.47. The Hall–Kier alpha value is -1.87. The van der Waals surface area contributed by atoms with Gasteiger partial charge < -0.3 is 64.7 Å². The van der Waals surface area contributed by atoms with Gasteiger partial charge in [-0.15, -0.1) is 0 Å². The fraction of sp³-hybridized carbons (Fsp3) is 0.878. The molecule has 1 aliphatic carbocycles. The number of allylic oxidation sites excluding steroid dienone is 4. The third-order valence-electron chi connectivity index (χ3n) is 12.4. The molecule has 13 atom stereocenters. The highest BCUT2D eigenvalue weighted by atomic mass is 31.2. The third kappa shape index (κ3) is 25.5. The smallest absolute Gasteiger partial charge is 0.462 e. The van der Waals surface area contributed by atoms with Gasteiger partial charge in [0.05, 0.1) is 13.2 Å². The molecule has 398 valence electrons. The zero-order valence-electron chi connectivity index (χ0n) is 40.9. The van der Waals surface area contributed by atoms with Crippen LogP contribution in [-0.2, 0) is 42.1 Å². The molecular weight excluding hydrogens is 907 g/mol. The Kier molecular flexibility index (Phi) is 33.8. The zero-order valence-corrected chi connectivity index (χ0v) is 41.8. The molecule has 2 aliphatic rings. The van der Waals surface area contributed by atoms with E-state index in [1.54, 1.807) is 0 Å². The lowest BCUT2D eigenvalue weighted by molar-refractivity contribution is -0.338. The normalized spacial score (nSPS) is 28.0. The first-order valence-electron chi connectivity index (χ1n) is 25.7. The fourth-order valence-corrected chi connectivity index (χ4v) is 9.07. The second kappa shape index (κ2) is 37.0. The molecule has 19 heteroatoms. The highest BCUT2D eigenvalue weighted by Crippen LogP contribution is 2.48. The number of aliphatic hydroxyl groups excluding tert-OH is 8. The minimum atomic E-state index is -5.38. The largest absolute Gasteiger partial charge is 0.472 e. The predicted molar refractivity (Wildman–Crippen MR) is 254 cm³/mol. The van der Waals surface area contributed by atoms with Crippen LogP contribution < -0.4 is 0 Å². The van der Waals surface area contributed by atoms with E-state index in [2.05, 4.69) is 38.2 Å². The standard InChI is InChI=1S/C49H89O18P/c1-3-5-7-9-11-13-15-17-19-21-23-25-27-29-31-38(51)62-34-36(64-39(52)32-30-28-26-24-22-20-18-16-14-12-10-8-6-4-2)35-63-68(60,61)67-48-45(58)43(56)42(55)44(57)47(48)66-49-46(59)41(54)40(53)37(33-50)65-49/h19-22,36-37,40-50,53-59H,3-18,23-35H2,1-2H3,(H,60,61)/b21-19-,22-20-. The number of rotatable bonds is 39. The molecule has 18 nitrogen and oxygen atoms in total. The summed E-state index contributed by atoms with van der Waals surface area (Å²) >= 11 is 0. The zero-order chi connectivity index (χ0) is 50.2. The first kappa shape index (κ1) is 62.2. The van der Waals surface area contributed by atoms with Crippen LogP contribution in [0.3, 0.4) is 0 Å². The Labute approximate surface area is 405 Å². The highest BCUT2D eigenvalue weighted by Gasteiger charge is 2.55. The van der Waals surface area contributed by atoms with Crippen LogP contribution in [0.1, 0.15) is 181 Å². The van der Waals surface area contributed by atoms with Gasteiger partial charge in [-0.3, -0.25) is 18.6 Å². The maximum atomic E-state index is 13.4. The molecule has 0 aromatic carbocycles. The van der Waals surface area contributed by atoms with Crippen molar-refractivity contribution in [3.05, 3.63) is 24.3 Å². The minimum Gasteiger partial charge on any atom is -0.462 e. The molecule has 0 radical (unpaired) electrons. The first-order chi connectivity index (χ1) is 32.7. The molecule has 1 saturated heterocycles. The SMILES string of the molecule is CCCCCCCCC/C=C\CCCCCC(=O)OCC(COP(=O)(O)OC1C(O)C(O)C(O)C(O)C1OC1OC(CO)C(O)C(O)C1O)OC(=O)CCCCC/C=C\CCCCCCCCC. The Balaban J connectivity index is 1.96. The predicted octanol–water partition coefficient (Wildman–Crippen LogP) is 5.88. The summed E-state index contributed by atoms with van der Waals surface area (Å²) in [6, 6.07) is 0. The number of hydrogen-bond donors (Lipinski definition) is 9. The molecule has 0 amide bonds. The van der Waals surface area contributed by atoms with Crippen molar-refractivity contribution in [1.82, 2.24) is 0 Å². The van der Waals surface area contributed by atoms with Gasteiger partial charge in [0.25, 0.3) is 0 Å². The number of hydrogen-bond acceptors (Lipinski definition) is 17. The molecule has 13 unspecified atom stereocenters. The van der Waals surface area contributed by atoms with E-state index in [-0.39, 0.29) is 12.8 Å². The van der Waals surface area contributed by atoms with E-state index in [9.17, 15) is 59.9 Å². The summed E-state index contributed by atoms with van der Waals surface area (Å²) in [7, 11) is -5.38. The fourth-order valence-electron chi connectivity index (χ4n) is 8.10. The Bertz CT molecular complexity index is 1420. The van der Waals surface area contributed by atoms with E-state index in [1.807, 2.05) is 0 Å². The number of ether oxygens (including phenoxy) is 4. The molecule has 0 aromatic heterocycles. The summed E-state index contributed by atoms with van der Waals surface area (Å²) in [5.74, 6) is -1.25. The summed E-state index contributed by atoms with van der Waals surface area (Å²) in [4.78, 5) is 36.5. The maximum Gasteiger partial charge on any atom is 0.472 e. The first-order valence-corrected chi connectivity index (χ1v) is 27.2. The lowest BCUT2D eigenvalue weighted by Crippen LogP contribution is -2.67. The monoisotopic (exact) mass is 997 g/mol. The van der Waals surface area contributed by atoms with Crippen LogP contribution in [0.2, 0.25) is 0 Å². The quantitative estimate of drug-likeness (QED) is 0.0150. The summed E-state index contributed by atoms with van der Waals surface area (Å²) in [5, 5.41) is 82.9. The molecule has 1 saturated carbocycles. The van der Waals surface area contributed by atoms with E-state index in [0.29, 0.717) is 12.8 Å². The van der Waals surface area contributed by atoms with Crippen LogP contribution in [0.5, 0.6) is 0 Å². The average molecular weight is 997 g/mol. The molecule has 0 aromatic rings. The van der Waals surface area contributed by atoms with Gasteiger partial charge in [0.15, 0.2) is 12.4 Å². The van der Waals surface area contributed by atoms with Crippen molar-refractivity contribution in [1.29, 1.82) is 0 Å². The molecule has 0 bridgehead atoms. The summed E-state index contributed by atoms with van der Waals surface area (Å²) in [6.45, 7) is 2.19. The summed E-state index contributed by atoms with van der Waals surface area (Å²) < 4.78 is 45.4. The van der Waals surface area contributed by atoms with E-state index >= 15 is 0 Å². The van der Waals surface area contributed by atoms with Crippen LogP contribution in [0.15, 0.2) is 24.3 Å². The number of esters is 2. The number of phosphoric acid groups is 1. The Morgan fingerprint density at radius 2 is 0.971 bits per heavy atom. The second-order valence-electron chi connectivity index (χ2n) is 18.4. The number of unbranched alkanes of at least 4 members (excludes halogenated alkanes) is 20. The minimum absolute atomic E-state index is 0.0102. The molecule has 2 fully saturated rings. The van der Waals surface area contributed by atoms with Gasteiger partial charge in [-0.05, 0) is 64.2 Å². The van der Waals surface area contributed by atoms with Crippen molar-refractivity contribution in [3.63, 3.8) is 0 Å². The summed E-state index contributed by atoms with van der Waals surface area (Å²) in [5.41, 5.74) is 0. The molecule has 68 heavy (non-hydrogen) atoms. The molecule has 1 heterocycles. The lowest BCUT2D eigenvalue weighted by atomic mass is 9.84. The van der Waals surface area contributed by atoms with Gasteiger partial charge in [0, 0.05) is 12.8 Å². The maximum absolute atomic E-state index is 13.4. The van der Waals surface area contributed by atoms with Gasteiger partial charge in [0.2, 0.25) is 0 Å². The van der Waals surface area contributed by atoms with Crippen LogP contribution in [0, 0.1) is 0 Å². The Morgan fingerprint density at radius 1 is 0.544 bits per heavy atom. The van der Waals surface area contributed by atoms with E-state index < -0.39 is 113 Å². The lowest BCUT2D eigenvalue weighted by Gasteiger charge is -2.47. The van der Waals surface area contributed by atoms with Gasteiger partial charge in [-0.25, -0.2) is 4.57 Å². The molecule has 1 aliphatic heterocycles. The van der Waals surface area contributed by atoms with Gasteiger partial charge in [0.1, 0.15) is 67.6 Å². The summed E-state index contributed by atoms with van der Waals surface area (Å²) in [6.07, 6.45) is 11.2. The van der Waals surface area contributed by atoms with E-state index in [4.69, 9.17) is 28.0 Å². The average Bonchev–Trinajstić information content (AvgIpc) is 3.32. The van der Waals surface area contributed by atoms with E-state index in [1.165, 1.54) is 89.9 Å². The van der Waals surface area contributed by atoms with Crippen molar-refractivity contribution in [2.24, 2.45) is 0 Å². The molecule has 9 N–H and O–H groups in total. The Morgan fingerprint density at radius 3 is 1.46 bits per heavy atom. The molecule has 2 rings (SSSR count). The second-order valence-corrected chi connectivity index (χ2v) is 19.8. The number of aliphatic hydroxyl groups is 8. The van der Waals surface area contributed by atoms with Crippen molar-refractivity contribution < 1.29 is 87.9 Å². The van der Waals surface area contributed by atoms with Gasteiger partial charge >= 0.3 is 19.8 Å². The van der Waals surface area contributed by atoms with Crippen molar-refractivity contribution in [3.8, 4) is 0 Å². The number of phosphoric ester groups is 1. The number of carbonyl (C=O) groups is 2. The van der Waals surface area contributed by atoms with Crippen molar-refractivity contribution in [2.45, 2.75) is 254 Å². The van der Waals surface area contributed by atoms with Gasteiger partial charge in [-0.1, -0.05) is 128 Å².